The van der Waals surface area contributed by atoms with Crippen molar-refractivity contribution >= 4 is 21.8 Å². The predicted molar refractivity (Wildman–Crippen MR) is 68.9 cm³/mol. The first kappa shape index (κ1) is 14.4. The summed E-state index contributed by atoms with van der Waals surface area (Å²) in [6, 6.07) is 3.23. The van der Waals surface area contributed by atoms with Crippen molar-refractivity contribution in [2.24, 2.45) is 0 Å². The van der Waals surface area contributed by atoms with Crippen LogP contribution in [0.15, 0.2) is 22.7 Å². The number of amides is 1. The molecular weight excluding hydrogens is 323 g/mol. The molecule has 1 aliphatic rings. The van der Waals surface area contributed by atoms with Crippen molar-refractivity contribution in [2.45, 2.75) is 32.0 Å². The van der Waals surface area contributed by atoms with Gasteiger partial charge in [-0.25, -0.2) is 0 Å². The molecule has 104 valence electrons. The zero-order valence-corrected chi connectivity index (χ0v) is 11.9. The molecule has 1 fully saturated rings. The lowest BCUT2D eigenvalue weighted by atomic mass is 10.1. The average molecular weight is 336 g/mol. The molecule has 0 radical (unpaired) electrons. The Bertz CT molecular complexity index is 501. The van der Waals surface area contributed by atoms with Gasteiger partial charge < -0.3 is 4.90 Å². The summed E-state index contributed by atoms with van der Waals surface area (Å²) < 4.78 is 38.4. The number of carbonyl (C=O) groups excluding carboxylic acids is 1. The van der Waals surface area contributed by atoms with Gasteiger partial charge in [0.25, 0.3) is 5.91 Å². The van der Waals surface area contributed by atoms with Gasteiger partial charge in [0.2, 0.25) is 0 Å². The Morgan fingerprint density at radius 3 is 2.63 bits per heavy atom. The van der Waals surface area contributed by atoms with E-state index in [0.29, 0.717) is 11.0 Å². The van der Waals surface area contributed by atoms with Crippen molar-refractivity contribution in [3.63, 3.8) is 0 Å². The minimum atomic E-state index is -4.44. The molecule has 1 aromatic rings. The van der Waals surface area contributed by atoms with Crippen molar-refractivity contribution in [1.29, 1.82) is 0 Å². The number of nitrogens with zero attached hydrogens (tertiary/aromatic N) is 1. The largest absolute Gasteiger partial charge is 0.416 e. The van der Waals surface area contributed by atoms with Gasteiger partial charge in [0, 0.05) is 17.1 Å². The van der Waals surface area contributed by atoms with E-state index in [9.17, 15) is 18.0 Å². The third kappa shape index (κ3) is 2.94. The van der Waals surface area contributed by atoms with E-state index in [1.807, 2.05) is 6.92 Å². The van der Waals surface area contributed by atoms with Crippen LogP contribution < -0.4 is 0 Å². The summed E-state index contributed by atoms with van der Waals surface area (Å²) in [5, 5.41) is 0. The molecule has 1 atom stereocenters. The average Bonchev–Trinajstić information content (AvgIpc) is 2.73. The SMILES string of the molecule is C[C@H]1CCCN1C(=O)c1cc(C(F)(F)F)ccc1Br. The highest BCUT2D eigenvalue weighted by molar-refractivity contribution is 9.10. The van der Waals surface area contributed by atoms with Crippen molar-refractivity contribution in [3.05, 3.63) is 33.8 Å². The van der Waals surface area contributed by atoms with Crippen LogP contribution >= 0.6 is 15.9 Å². The van der Waals surface area contributed by atoms with Gasteiger partial charge in [-0.1, -0.05) is 0 Å². The molecule has 1 heterocycles. The Labute approximate surface area is 117 Å². The number of carbonyl (C=O) groups is 1. The second-order valence-electron chi connectivity index (χ2n) is 4.68. The van der Waals surface area contributed by atoms with E-state index in [0.717, 1.165) is 25.0 Å². The number of hydrogen-bond acceptors (Lipinski definition) is 1. The van der Waals surface area contributed by atoms with Crippen LogP contribution in [0.25, 0.3) is 0 Å². The number of hydrogen-bond donors (Lipinski definition) is 0. The normalized spacial score (nSPS) is 19.8. The van der Waals surface area contributed by atoms with E-state index in [2.05, 4.69) is 15.9 Å². The first-order valence-electron chi connectivity index (χ1n) is 5.98. The number of alkyl halides is 3. The summed E-state index contributed by atoms with van der Waals surface area (Å²) in [4.78, 5) is 13.9. The van der Waals surface area contributed by atoms with Crippen LogP contribution in [0.5, 0.6) is 0 Å². The predicted octanol–water partition coefficient (Wildman–Crippen LogP) is 4.09. The monoisotopic (exact) mass is 335 g/mol. The van der Waals surface area contributed by atoms with Crippen LogP contribution in [0.4, 0.5) is 13.2 Å². The zero-order chi connectivity index (χ0) is 14.2. The fraction of sp³-hybridized carbons (Fsp3) is 0.462. The van der Waals surface area contributed by atoms with Crippen LogP contribution in [0.1, 0.15) is 35.7 Å². The fourth-order valence-corrected chi connectivity index (χ4v) is 2.67. The van der Waals surface area contributed by atoms with Gasteiger partial charge in [-0.15, -0.1) is 0 Å². The van der Waals surface area contributed by atoms with E-state index in [4.69, 9.17) is 0 Å². The lowest BCUT2D eigenvalue weighted by Crippen LogP contribution is -2.34. The lowest BCUT2D eigenvalue weighted by molar-refractivity contribution is -0.137. The quantitative estimate of drug-likeness (QED) is 0.756. The zero-order valence-electron chi connectivity index (χ0n) is 10.3. The van der Waals surface area contributed by atoms with E-state index in [1.165, 1.54) is 6.07 Å². The summed E-state index contributed by atoms with van der Waals surface area (Å²) in [6.07, 6.45) is -2.65. The summed E-state index contributed by atoms with van der Waals surface area (Å²) in [6.45, 7) is 2.51. The van der Waals surface area contributed by atoms with E-state index < -0.39 is 11.7 Å². The lowest BCUT2D eigenvalue weighted by Gasteiger charge is -2.22. The Morgan fingerprint density at radius 1 is 1.42 bits per heavy atom. The summed E-state index contributed by atoms with van der Waals surface area (Å²) >= 11 is 3.15. The minimum absolute atomic E-state index is 0.0728. The number of likely N-dealkylation sites (tertiary alicyclic amines) is 1. The van der Waals surface area contributed by atoms with Gasteiger partial charge in [-0.2, -0.15) is 13.2 Å². The van der Waals surface area contributed by atoms with Gasteiger partial charge in [-0.05, 0) is 53.9 Å². The van der Waals surface area contributed by atoms with Crippen molar-refractivity contribution < 1.29 is 18.0 Å². The highest BCUT2D eigenvalue weighted by Crippen LogP contribution is 2.33. The van der Waals surface area contributed by atoms with Crippen LogP contribution in [0.2, 0.25) is 0 Å². The molecule has 0 spiro atoms. The van der Waals surface area contributed by atoms with Gasteiger partial charge >= 0.3 is 6.18 Å². The maximum absolute atomic E-state index is 12.7. The first-order chi connectivity index (χ1) is 8.80. The first-order valence-corrected chi connectivity index (χ1v) is 6.77. The number of halogens is 4. The molecule has 0 unspecified atom stereocenters. The molecule has 1 aromatic carbocycles. The van der Waals surface area contributed by atoms with Crippen LogP contribution in [0, 0.1) is 0 Å². The maximum Gasteiger partial charge on any atom is 0.416 e. The molecule has 0 bridgehead atoms. The second kappa shape index (κ2) is 5.15. The molecular formula is C13H13BrF3NO. The highest BCUT2D eigenvalue weighted by atomic mass is 79.9. The molecule has 0 N–H and O–H groups in total. The van der Waals surface area contributed by atoms with Gasteiger partial charge in [0.1, 0.15) is 0 Å². The van der Waals surface area contributed by atoms with Gasteiger partial charge in [0.05, 0.1) is 11.1 Å². The summed E-state index contributed by atoms with van der Waals surface area (Å²) in [5.41, 5.74) is -0.727. The van der Waals surface area contributed by atoms with Crippen LogP contribution in [0.3, 0.4) is 0 Å². The van der Waals surface area contributed by atoms with E-state index in [-0.39, 0.29) is 17.5 Å². The van der Waals surface area contributed by atoms with Gasteiger partial charge in [-0.3, -0.25) is 4.79 Å². The third-order valence-electron chi connectivity index (χ3n) is 3.34. The maximum atomic E-state index is 12.7. The van der Waals surface area contributed by atoms with Crippen molar-refractivity contribution in [2.75, 3.05) is 6.54 Å². The number of benzene rings is 1. The van der Waals surface area contributed by atoms with Crippen LogP contribution in [-0.2, 0) is 6.18 Å². The molecule has 1 aliphatic heterocycles. The van der Waals surface area contributed by atoms with E-state index >= 15 is 0 Å². The highest BCUT2D eigenvalue weighted by Gasteiger charge is 2.33. The Kier molecular flexibility index (Phi) is 3.90. The summed E-state index contributed by atoms with van der Waals surface area (Å²) in [5.74, 6) is -0.344. The molecule has 2 nitrogen and oxygen atoms in total. The Morgan fingerprint density at radius 2 is 2.11 bits per heavy atom. The number of rotatable bonds is 1. The van der Waals surface area contributed by atoms with Crippen LogP contribution in [-0.4, -0.2) is 23.4 Å². The molecule has 2 rings (SSSR count). The van der Waals surface area contributed by atoms with E-state index in [1.54, 1.807) is 4.90 Å². The van der Waals surface area contributed by atoms with Crippen molar-refractivity contribution in [1.82, 2.24) is 4.90 Å². The minimum Gasteiger partial charge on any atom is -0.336 e. The second-order valence-corrected chi connectivity index (χ2v) is 5.54. The molecule has 1 amide bonds. The fourth-order valence-electron chi connectivity index (χ4n) is 2.26. The molecule has 1 saturated heterocycles. The topological polar surface area (TPSA) is 20.3 Å². The molecule has 0 saturated carbocycles. The molecule has 19 heavy (non-hydrogen) atoms. The Hall–Kier alpha value is -1.04. The Balaban J connectivity index is 2.36. The third-order valence-corrected chi connectivity index (χ3v) is 4.03. The summed E-state index contributed by atoms with van der Waals surface area (Å²) in [7, 11) is 0. The smallest absolute Gasteiger partial charge is 0.336 e. The van der Waals surface area contributed by atoms with Crippen molar-refractivity contribution in [3.8, 4) is 0 Å². The molecule has 0 aliphatic carbocycles. The standard InChI is InChI=1S/C13H13BrF3NO/c1-8-3-2-6-18(8)12(19)10-7-9(13(15,16)17)4-5-11(10)14/h4-5,7-8H,2-3,6H2,1H3/t8-/m0/s1. The molecule has 6 heteroatoms. The van der Waals surface area contributed by atoms with Gasteiger partial charge in [0.15, 0.2) is 0 Å². The molecule has 0 aromatic heterocycles.